The van der Waals surface area contributed by atoms with Crippen molar-refractivity contribution < 1.29 is 54.3 Å². The van der Waals surface area contributed by atoms with Crippen LogP contribution in [-0.2, 0) is 45.8 Å². The second-order valence-electron chi connectivity index (χ2n) is 10.4. The molecule has 0 bridgehead atoms. The van der Waals surface area contributed by atoms with Crippen molar-refractivity contribution in [2.75, 3.05) is 19.8 Å². The number of carbonyl (C=O) groups excluding carboxylic acids is 1. The molecule has 0 aromatic heterocycles. The fourth-order valence-corrected chi connectivity index (χ4v) is 7.16. The van der Waals surface area contributed by atoms with Gasteiger partial charge < -0.3 is 18.9 Å². The molecule has 8 nitrogen and oxygen atoms in total. The van der Waals surface area contributed by atoms with E-state index in [4.69, 9.17) is 18.8 Å². The molecule has 3 aromatic rings. The van der Waals surface area contributed by atoms with Gasteiger partial charge in [-0.2, -0.15) is 17.2 Å². The van der Waals surface area contributed by atoms with Gasteiger partial charge in [-0.25, -0.2) is 13.6 Å². The first kappa shape index (κ1) is 33.9. The number of hydrogen-bond donors (Lipinski definition) is 1. The molecule has 2 atom stereocenters. The van der Waals surface area contributed by atoms with Crippen LogP contribution < -0.4 is 4.74 Å². The summed E-state index contributed by atoms with van der Waals surface area (Å²) in [4.78, 5) is 15.2. The zero-order chi connectivity index (χ0) is 32.5. The predicted molar refractivity (Wildman–Crippen MR) is 153 cm³/mol. The van der Waals surface area contributed by atoms with Crippen molar-refractivity contribution in [3.63, 3.8) is 0 Å². The molecule has 0 amide bonds. The van der Waals surface area contributed by atoms with Gasteiger partial charge in [0.2, 0.25) is 0 Å². The Morgan fingerprint density at radius 3 is 2.02 bits per heavy atom. The van der Waals surface area contributed by atoms with Gasteiger partial charge in [0.05, 0.1) is 10.9 Å². The van der Waals surface area contributed by atoms with Crippen molar-refractivity contribution in [2.45, 2.75) is 65.4 Å². The molecular formula is C30H31F4O8S2+. The lowest BCUT2D eigenvalue weighted by atomic mass is 10.1. The third-order valence-corrected chi connectivity index (χ3v) is 10.1. The molecule has 0 spiro atoms. The average molecular weight is 660 g/mol. The van der Waals surface area contributed by atoms with E-state index in [0.717, 1.165) is 14.7 Å². The van der Waals surface area contributed by atoms with Crippen LogP contribution in [0, 0.1) is 13.8 Å². The molecular weight excluding hydrogens is 628 g/mol. The van der Waals surface area contributed by atoms with E-state index in [-0.39, 0.29) is 5.75 Å². The SMILES string of the molecule is Cc1cc([S+](c2ccccc2)c2ccc(C3(C)OCC(F)(F)CO3)cc2)cc(C)c1OC(=O)COC(C)C(F)(F)S(=O)(=O)O. The van der Waals surface area contributed by atoms with E-state index in [2.05, 4.69) is 4.74 Å². The summed E-state index contributed by atoms with van der Waals surface area (Å²) in [7, 11) is -6.40. The van der Waals surface area contributed by atoms with Gasteiger partial charge in [0, 0.05) is 17.7 Å². The number of alkyl halides is 4. The summed E-state index contributed by atoms with van der Waals surface area (Å²) in [6, 6.07) is 20.5. The summed E-state index contributed by atoms with van der Waals surface area (Å²) in [5, 5.41) is -4.62. The summed E-state index contributed by atoms with van der Waals surface area (Å²) >= 11 is 0. The Morgan fingerprint density at radius 1 is 0.977 bits per heavy atom. The van der Waals surface area contributed by atoms with Crippen LogP contribution in [0.3, 0.4) is 0 Å². The van der Waals surface area contributed by atoms with Crippen LogP contribution in [0.2, 0.25) is 0 Å². The van der Waals surface area contributed by atoms with Gasteiger partial charge >= 0.3 is 21.3 Å². The number of rotatable bonds is 10. The fourth-order valence-electron chi connectivity index (χ4n) is 4.43. The Bertz CT molecular complexity index is 1570. The van der Waals surface area contributed by atoms with Crippen LogP contribution >= 0.6 is 0 Å². The van der Waals surface area contributed by atoms with Crippen LogP contribution in [0.25, 0.3) is 0 Å². The van der Waals surface area contributed by atoms with Crippen LogP contribution in [0.4, 0.5) is 17.6 Å². The molecule has 1 fully saturated rings. The maximum Gasteiger partial charge on any atom is 0.394 e. The van der Waals surface area contributed by atoms with E-state index >= 15 is 0 Å². The van der Waals surface area contributed by atoms with Crippen LogP contribution in [0.1, 0.15) is 30.5 Å². The molecule has 0 aliphatic carbocycles. The average Bonchev–Trinajstić information content (AvgIpc) is 2.96. The minimum atomic E-state index is -5.75. The van der Waals surface area contributed by atoms with Gasteiger partial charge in [-0.1, -0.05) is 18.2 Å². The third kappa shape index (κ3) is 7.44. The van der Waals surface area contributed by atoms with E-state index in [1.54, 1.807) is 32.9 Å². The normalized spacial score (nSPS) is 17.9. The smallest absolute Gasteiger partial charge is 0.394 e. The van der Waals surface area contributed by atoms with E-state index in [9.17, 15) is 30.8 Å². The van der Waals surface area contributed by atoms with Crippen molar-refractivity contribution in [3.8, 4) is 5.75 Å². The Hall–Kier alpha value is -3.01. The third-order valence-electron chi connectivity index (χ3n) is 6.86. The van der Waals surface area contributed by atoms with Gasteiger partial charge in [-0.15, -0.1) is 0 Å². The van der Waals surface area contributed by atoms with Crippen molar-refractivity contribution in [1.29, 1.82) is 0 Å². The van der Waals surface area contributed by atoms with Crippen molar-refractivity contribution in [1.82, 2.24) is 0 Å². The first-order chi connectivity index (χ1) is 20.4. The highest BCUT2D eigenvalue weighted by Gasteiger charge is 2.50. The highest BCUT2D eigenvalue weighted by molar-refractivity contribution is 7.97. The number of esters is 1. The number of aryl methyl sites for hydroxylation is 2. The van der Waals surface area contributed by atoms with Crippen molar-refractivity contribution in [2.24, 2.45) is 0 Å². The summed E-state index contributed by atoms with van der Waals surface area (Å²) in [6.07, 6.45) is -2.31. The zero-order valence-electron chi connectivity index (χ0n) is 24.2. The number of halogens is 4. The van der Waals surface area contributed by atoms with E-state index in [0.29, 0.717) is 23.6 Å². The van der Waals surface area contributed by atoms with Gasteiger partial charge in [0.15, 0.2) is 20.5 Å². The summed E-state index contributed by atoms with van der Waals surface area (Å²) in [5.74, 6) is -5.25. The molecule has 0 saturated carbocycles. The predicted octanol–water partition coefficient (Wildman–Crippen LogP) is 6.04. The van der Waals surface area contributed by atoms with Crippen LogP contribution in [0.5, 0.6) is 5.75 Å². The molecule has 14 heteroatoms. The number of ether oxygens (including phenoxy) is 4. The first-order valence-corrected chi connectivity index (χ1v) is 15.9. The standard InChI is InChI=1S/C30H30F4O8S2/c1-19-14-25(15-20(2)27(19)42-26(35)16-39-21(3)30(33,34)44(36,37)38)43(23-8-6-5-7-9-23)24-12-10-22(11-13-24)28(4)40-17-29(31,32)18-41-28/h5-15,21H,16-18H2,1-4H3/p+1. The highest BCUT2D eigenvalue weighted by atomic mass is 32.2. The second kappa shape index (κ2) is 12.8. The highest BCUT2D eigenvalue weighted by Crippen LogP contribution is 2.39. The van der Waals surface area contributed by atoms with Crippen LogP contribution in [-0.4, -0.2) is 56.0 Å². The van der Waals surface area contributed by atoms with E-state index in [1.165, 1.54) is 0 Å². The molecule has 0 radical (unpaired) electrons. The number of benzene rings is 3. The van der Waals surface area contributed by atoms with Gasteiger partial charge in [-0.05, 0) is 75.2 Å². The summed E-state index contributed by atoms with van der Waals surface area (Å²) in [5.41, 5.74) is 1.70. The maximum absolute atomic E-state index is 13.7. The molecule has 1 saturated heterocycles. The summed E-state index contributed by atoms with van der Waals surface area (Å²) in [6.45, 7) is 3.22. The lowest BCUT2D eigenvalue weighted by molar-refractivity contribution is -0.328. The zero-order valence-corrected chi connectivity index (χ0v) is 25.8. The Balaban J connectivity index is 1.57. The second-order valence-corrected chi connectivity index (χ2v) is 13.9. The Morgan fingerprint density at radius 2 is 1.50 bits per heavy atom. The Labute approximate surface area is 255 Å². The molecule has 1 N–H and O–H groups in total. The summed E-state index contributed by atoms with van der Waals surface area (Å²) < 4.78 is 106. The van der Waals surface area contributed by atoms with Crippen molar-refractivity contribution in [3.05, 3.63) is 83.4 Å². The quantitative estimate of drug-likeness (QED) is 0.0923. The molecule has 44 heavy (non-hydrogen) atoms. The van der Waals surface area contributed by atoms with E-state index in [1.807, 2.05) is 54.6 Å². The fraction of sp³-hybridized carbons (Fsp3) is 0.367. The minimum Gasteiger partial charge on any atom is -0.424 e. The first-order valence-electron chi connectivity index (χ1n) is 13.3. The van der Waals surface area contributed by atoms with Crippen molar-refractivity contribution >= 4 is 27.0 Å². The van der Waals surface area contributed by atoms with Crippen LogP contribution in [0.15, 0.2) is 81.4 Å². The topological polar surface area (TPSA) is 108 Å². The lowest BCUT2D eigenvalue weighted by Gasteiger charge is -2.37. The van der Waals surface area contributed by atoms with E-state index < -0.39 is 69.9 Å². The largest absolute Gasteiger partial charge is 0.424 e. The number of hydrogen-bond acceptors (Lipinski definition) is 7. The molecule has 238 valence electrons. The number of carbonyl (C=O) groups is 1. The lowest BCUT2D eigenvalue weighted by Crippen LogP contribution is -2.46. The molecule has 1 aliphatic heterocycles. The maximum atomic E-state index is 13.7. The van der Waals surface area contributed by atoms with Gasteiger partial charge in [-0.3, -0.25) is 4.55 Å². The monoisotopic (exact) mass is 659 g/mol. The minimum absolute atomic E-state index is 0.180. The molecule has 4 rings (SSSR count). The molecule has 3 aromatic carbocycles. The van der Waals surface area contributed by atoms with Gasteiger partial charge in [0.1, 0.15) is 31.7 Å². The van der Waals surface area contributed by atoms with Gasteiger partial charge in [0.25, 0.3) is 5.92 Å². The molecule has 1 heterocycles. The Kier molecular flexibility index (Phi) is 9.83. The molecule has 2 unspecified atom stereocenters. The molecule has 1 aliphatic rings.